The second-order valence-electron chi connectivity index (χ2n) is 13.5. The molecular formula is C56H39N. The maximum atomic E-state index is 9.74. The quantitative estimate of drug-likeness (QED) is 0.150. The van der Waals surface area contributed by atoms with E-state index < -0.39 is 101 Å². The molecule has 0 aliphatic heterocycles. The Kier molecular flexibility index (Phi) is 5.83. The fourth-order valence-electron chi connectivity index (χ4n) is 7.22. The molecule has 1 heteroatoms. The summed E-state index contributed by atoms with van der Waals surface area (Å²) in [5.74, 6) is 0. The second kappa shape index (κ2) is 15.0. The molecule has 0 aliphatic rings. The average Bonchev–Trinajstić information content (AvgIpc) is 3.39. The fraction of sp³-hybridized carbons (Fsp3) is 0. The van der Waals surface area contributed by atoms with Crippen LogP contribution in [0.2, 0.25) is 0 Å². The molecule has 0 bridgehead atoms. The van der Waals surface area contributed by atoms with Gasteiger partial charge in [-0.05, 0) is 126 Å². The van der Waals surface area contributed by atoms with Crippen LogP contribution in [0, 0.1) is 0 Å². The highest BCUT2D eigenvalue weighted by atomic mass is 15.1. The third-order valence-corrected chi connectivity index (χ3v) is 10.0. The van der Waals surface area contributed by atoms with Gasteiger partial charge in [0.25, 0.3) is 0 Å². The van der Waals surface area contributed by atoms with Gasteiger partial charge in [-0.15, -0.1) is 0 Å². The highest BCUT2D eigenvalue weighted by Gasteiger charge is 2.16. The third-order valence-electron chi connectivity index (χ3n) is 10.0. The summed E-state index contributed by atoms with van der Waals surface area (Å²) in [7, 11) is 0. The Morgan fingerprint density at radius 1 is 0.298 bits per heavy atom. The predicted molar refractivity (Wildman–Crippen MR) is 243 cm³/mol. The fourth-order valence-corrected chi connectivity index (χ4v) is 7.22. The van der Waals surface area contributed by atoms with Gasteiger partial charge in [0.2, 0.25) is 0 Å². The lowest BCUT2D eigenvalue weighted by Crippen LogP contribution is -2.10. The number of nitrogens with zero attached hydrogens (tertiary/aromatic N) is 1. The first kappa shape index (κ1) is 22.2. The highest BCUT2D eigenvalue weighted by molar-refractivity contribution is 6.00. The lowest BCUT2D eigenvalue weighted by molar-refractivity contribution is 1.28. The van der Waals surface area contributed by atoms with E-state index in [1.807, 2.05) is 140 Å². The smallest absolute Gasteiger partial charge is 0.0645 e. The van der Waals surface area contributed by atoms with E-state index >= 15 is 0 Å². The van der Waals surface area contributed by atoms with Gasteiger partial charge in [0.15, 0.2) is 0 Å². The van der Waals surface area contributed by atoms with Crippen LogP contribution in [-0.4, -0.2) is 0 Å². The van der Waals surface area contributed by atoms with Gasteiger partial charge in [0, 0.05) is 17.1 Å². The van der Waals surface area contributed by atoms with Crippen LogP contribution < -0.4 is 4.90 Å². The molecule has 0 saturated carbocycles. The van der Waals surface area contributed by atoms with E-state index in [4.69, 9.17) is 11.0 Å². The molecular weight excluding hydrogens is 687 g/mol. The summed E-state index contributed by atoms with van der Waals surface area (Å²) in [5.41, 5.74) is 4.65. The molecule has 0 N–H and O–H groups in total. The van der Waals surface area contributed by atoms with Crippen molar-refractivity contribution in [2.24, 2.45) is 0 Å². The number of rotatable bonds is 8. The molecule has 268 valence electrons. The third kappa shape index (κ3) is 6.77. The molecule has 0 heterocycles. The van der Waals surface area contributed by atoms with E-state index in [-0.39, 0.29) is 22.0 Å². The molecule has 57 heavy (non-hydrogen) atoms. The largest absolute Gasteiger partial charge is 0.310 e. The lowest BCUT2D eigenvalue weighted by atomic mass is 9.93. The predicted octanol–water partition coefficient (Wildman–Crippen LogP) is 15.8. The molecule has 10 rings (SSSR count). The minimum absolute atomic E-state index is 0.156. The Morgan fingerprint density at radius 2 is 0.912 bits per heavy atom. The van der Waals surface area contributed by atoms with E-state index in [9.17, 15) is 8.22 Å². The van der Waals surface area contributed by atoms with Crippen molar-refractivity contribution in [2.45, 2.75) is 0 Å². The van der Waals surface area contributed by atoms with Gasteiger partial charge < -0.3 is 4.90 Å². The number of anilines is 3. The van der Waals surface area contributed by atoms with E-state index in [0.29, 0.717) is 11.4 Å². The summed E-state index contributed by atoms with van der Waals surface area (Å²) in [6, 6.07) is 39.2. The Morgan fingerprint density at radius 3 is 1.68 bits per heavy atom. The van der Waals surface area contributed by atoms with Crippen LogP contribution in [0.4, 0.5) is 17.1 Å². The zero-order valence-electron chi connectivity index (χ0n) is 44.4. The van der Waals surface area contributed by atoms with Gasteiger partial charge in [-0.3, -0.25) is 0 Å². The van der Waals surface area contributed by atoms with E-state index in [0.717, 1.165) is 50.2 Å². The van der Waals surface area contributed by atoms with Crippen molar-refractivity contribution in [2.75, 3.05) is 4.90 Å². The first-order valence-corrected chi connectivity index (χ1v) is 18.4. The minimum atomic E-state index is -0.730. The first-order valence-electron chi connectivity index (χ1n) is 25.4. The SMILES string of the molecule is [2H]c1cc2c(-c3c([2H])c([2H])c([2H])c([2H])c3[2H])c([2H])c(-c3c([2H])c([2H])c(N(c4ccc(-c5ccc(-c6ccccc6)cc5)cc4)c4cccc(-c5cccc6ccccc56)c4)c([2H])c3[2H])c([2H])c2c([2H])c1[2H]. The number of hydrogen-bond donors (Lipinski definition) is 0. The van der Waals surface area contributed by atoms with Gasteiger partial charge >= 0.3 is 0 Å². The molecule has 0 amide bonds. The van der Waals surface area contributed by atoms with Gasteiger partial charge in [-0.2, -0.15) is 0 Å². The van der Waals surface area contributed by atoms with Crippen LogP contribution >= 0.6 is 0 Å². The Hall–Kier alpha value is -7.48. The van der Waals surface area contributed by atoms with Crippen LogP contribution in [0.3, 0.4) is 0 Å². The molecule has 0 spiro atoms. The topological polar surface area (TPSA) is 3.24 Å². The van der Waals surface area contributed by atoms with Gasteiger partial charge in [-0.25, -0.2) is 0 Å². The lowest BCUT2D eigenvalue weighted by Gasteiger charge is -2.26. The van der Waals surface area contributed by atoms with Crippen molar-refractivity contribution in [3.63, 3.8) is 0 Å². The molecule has 0 fully saturated rings. The molecule has 10 aromatic carbocycles. The van der Waals surface area contributed by atoms with Crippen molar-refractivity contribution >= 4 is 38.6 Å². The Labute approximate surface area is 354 Å². The summed E-state index contributed by atoms with van der Waals surface area (Å²) in [4.78, 5) is 1.63. The molecule has 0 unspecified atom stereocenters. The molecule has 0 radical (unpaired) electrons. The normalized spacial score (nSPS) is 14.6. The zero-order chi connectivity index (χ0) is 50.2. The summed E-state index contributed by atoms with van der Waals surface area (Å²) >= 11 is 0. The highest BCUT2D eigenvalue weighted by Crippen LogP contribution is 2.41. The van der Waals surface area contributed by atoms with Crippen molar-refractivity contribution < 1.29 is 19.2 Å². The first-order chi connectivity index (χ1) is 34.1. The van der Waals surface area contributed by atoms with Gasteiger partial charge in [0.05, 0.1) is 19.2 Å². The van der Waals surface area contributed by atoms with Gasteiger partial charge in [-0.1, -0.05) is 188 Å². The average molecular weight is 740 g/mol. The zero-order valence-corrected chi connectivity index (χ0v) is 30.4. The molecule has 0 atom stereocenters. The molecule has 0 saturated heterocycles. The Balaban J connectivity index is 1.20. The van der Waals surface area contributed by atoms with Crippen molar-refractivity contribution in [3.8, 4) is 55.6 Å². The number of benzene rings is 10. The van der Waals surface area contributed by atoms with Crippen LogP contribution in [-0.2, 0) is 0 Å². The monoisotopic (exact) mass is 739 g/mol. The van der Waals surface area contributed by atoms with E-state index in [1.165, 1.54) is 0 Å². The molecule has 0 aliphatic carbocycles. The van der Waals surface area contributed by atoms with Crippen LogP contribution in [0.1, 0.15) is 19.2 Å². The molecule has 10 aromatic rings. The number of fused-ring (bicyclic) bond motifs is 2. The van der Waals surface area contributed by atoms with Gasteiger partial charge in [0.1, 0.15) is 0 Å². The van der Waals surface area contributed by atoms with E-state index in [1.54, 1.807) is 11.0 Å². The molecule has 0 aromatic heterocycles. The van der Waals surface area contributed by atoms with Crippen LogP contribution in [0.5, 0.6) is 0 Å². The maximum Gasteiger partial charge on any atom is 0.0645 e. The Bertz CT molecular complexity index is 3740. The summed E-state index contributed by atoms with van der Waals surface area (Å²) in [6.07, 6.45) is 0. The standard InChI is InChI=1S/C56H39N/c1-3-13-40(14-4-1)41-25-27-42(28-26-41)43-29-33-50(34-30-43)57(52-21-11-20-48(38-52)54-24-12-19-45-17-7-9-22-53(45)54)51-35-31-44(32-36-51)49-37-47-18-8-10-23-55(47)56(39-49)46-15-5-2-6-16-46/h1-39H/i2D,5D,6D,8D,10D,15D,16D,18D,31D,32D,35D,36D,37D,39D. The summed E-state index contributed by atoms with van der Waals surface area (Å²) in [5, 5.41) is 1.50. The molecule has 1 nitrogen and oxygen atoms in total. The van der Waals surface area contributed by atoms with E-state index in [2.05, 4.69) is 0 Å². The summed E-state index contributed by atoms with van der Waals surface area (Å²) < 4.78 is 127. The van der Waals surface area contributed by atoms with Crippen molar-refractivity contribution in [1.29, 1.82) is 0 Å². The minimum Gasteiger partial charge on any atom is -0.310 e. The number of hydrogen-bond acceptors (Lipinski definition) is 1. The van der Waals surface area contributed by atoms with Crippen molar-refractivity contribution in [3.05, 3.63) is 236 Å². The maximum absolute atomic E-state index is 9.74. The van der Waals surface area contributed by atoms with Crippen LogP contribution in [0.15, 0.2) is 236 Å². The van der Waals surface area contributed by atoms with Crippen LogP contribution in [0.25, 0.3) is 77.2 Å². The van der Waals surface area contributed by atoms with Crippen molar-refractivity contribution in [1.82, 2.24) is 0 Å². The summed E-state index contributed by atoms with van der Waals surface area (Å²) in [6.45, 7) is 0. The second-order valence-corrected chi connectivity index (χ2v) is 13.5.